The molecule has 0 aliphatic carbocycles. The van der Waals surface area contributed by atoms with Crippen molar-refractivity contribution in [1.29, 1.82) is 0 Å². The summed E-state index contributed by atoms with van der Waals surface area (Å²) in [5, 5.41) is 29.1. The zero-order valence-electron chi connectivity index (χ0n) is 11.7. The van der Waals surface area contributed by atoms with Crippen molar-refractivity contribution < 1.29 is 24.9 Å². The van der Waals surface area contributed by atoms with E-state index in [-0.39, 0.29) is 0 Å². The number of aliphatic hydroxyl groups is 1. The fourth-order valence-corrected chi connectivity index (χ4v) is 1.70. The van der Waals surface area contributed by atoms with E-state index in [1.807, 2.05) is 6.07 Å². The SMILES string of the molecule is C[C@H]([C@@H](O)c1ccccc1)N(C)N/C(=C/C(=O)O)C(=O)O. The summed E-state index contributed by atoms with van der Waals surface area (Å²) in [7, 11) is 1.52. The lowest BCUT2D eigenvalue weighted by molar-refractivity contribution is -0.136. The van der Waals surface area contributed by atoms with E-state index in [2.05, 4.69) is 5.43 Å². The van der Waals surface area contributed by atoms with Crippen molar-refractivity contribution in [2.75, 3.05) is 7.05 Å². The number of hydrogen-bond acceptors (Lipinski definition) is 5. The highest BCUT2D eigenvalue weighted by molar-refractivity contribution is 5.93. The van der Waals surface area contributed by atoms with Crippen LogP contribution in [0.4, 0.5) is 0 Å². The normalized spacial score (nSPS) is 14.6. The lowest BCUT2D eigenvalue weighted by Gasteiger charge is -2.30. The van der Waals surface area contributed by atoms with Crippen molar-refractivity contribution >= 4 is 11.9 Å². The van der Waals surface area contributed by atoms with Crippen LogP contribution in [0.2, 0.25) is 0 Å². The Morgan fingerprint density at radius 2 is 1.81 bits per heavy atom. The first-order valence-corrected chi connectivity index (χ1v) is 6.23. The monoisotopic (exact) mass is 294 g/mol. The molecule has 0 radical (unpaired) electrons. The van der Waals surface area contributed by atoms with Crippen molar-refractivity contribution in [2.24, 2.45) is 0 Å². The van der Waals surface area contributed by atoms with Crippen LogP contribution in [0.25, 0.3) is 0 Å². The summed E-state index contributed by atoms with van der Waals surface area (Å²) < 4.78 is 0. The molecule has 0 unspecified atom stereocenters. The van der Waals surface area contributed by atoms with Crippen LogP contribution in [0.1, 0.15) is 18.6 Å². The number of rotatable bonds is 7. The van der Waals surface area contributed by atoms with Crippen molar-refractivity contribution in [2.45, 2.75) is 19.1 Å². The van der Waals surface area contributed by atoms with Gasteiger partial charge in [-0.1, -0.05) is 30.3 Å². The second-order valence-electron chi connectivity index (χ2n) is 4.52. The van der Waals surface area contributed by atoms with Gasteiger partial charge in [0.15, 0.2) is 0 Å². The maximum Gasteiger partial charge on any atom is 0.353 e. The van der Waals surface area contributed by atoms with Gasteiger partial charge in [0.05, 0.1) is 18.2 Å². The molecule has 0 saturated carbocycles. The van der Waals surface area contributed by atoms with Crippen LogP contribution < -0.4 is 5.43 Å². The third kappa shape index (κ3) is 4.90. The molecule has 1 aromatic carbocycles. The average Bonchev–Trinajstić information content (AvgIpc) is 2.45. The van der Waals surface area contributed by atoms with Crippen molar-refractivity contribution in [3.05, 3.63) is 47.7 Å². The summed E-state index contributed by atoms with van der Waals surface area (Å²) in [4.78, 5) is 21.5. The van der Waals surface area contributed by atoms with E-state index in [1.54, 1.807) is 31.2 Å². The fourth-order valence-electron chi connectivity index (χ4n) is 1.70. The minimum Gasteiger partial charge on any atom is -0.478 e. The highest BCUT2D eigenvalue weighted by atomic mass is 16.4. The van der Waals surface area contributed by atoms with E-state index in [1.165, 1.54) is 12.1 Å². The molecule has 0 amide bonds. The van der Waals surface area contributed by atoms with Crippen LogP contribution in [0, 0.1) is 0 Å². The number of nitrogens with one attached hydrogen (secondary N) is 1. The van der Waals surface area contributed by atoms with Gasteiger partial charge in [-0.3, -0.25) is 0 Å². The van der Waals surface area contributed by atoms with E-state index in [0.717, 1.165) is 0 Å². The number of carboxylic acid groups (broad SMARTS) is 2. The minimum atomic E-state index is -1.40. The third-order valence-electron chi connectivity index (χ3n) is 3.00. The Labute approximate surface area is 122 Å². The van der Waals surface area contributed by atoms with Crippen LogP contribution in [0.15, 0.2) is 42.1 Å². The zero-order chi connectivity index (χ0) is 16.0. The van der Waals surface area contributed by atoms with E-state index in [0.29, 0.717) is 11.6 Å². The molecule has 2 atom stereocenters. The summed E-state index contributed by atoms with van der Waals surface area (Å²) in [6.45, 7) is 1.69. The predicted molar refractivity (Wildman–Crippen MR) is 75.1 cm³/mol. The van der Waals surface area contributed by atoms with E-state index in [4.69, 9.17) is 10.2 Å². The molecule has 21 heavy (non-hydrogen) atoms. The molecule has 114 valence electrons. The highest BCUT2D eigenvalue weighted by Crippen LogP contribution is 2.19. The first-order valence-electron chi connectivity index (χ1n) is 6.23. The lowest BCUT2D eigenvalue weighted by atomic mass is 10.0. The van der Waals surface area contributed by atoms with Crippen molar-refractivity contribution in [3.8, 4) is 0 Å². The molecule has 0 aliphatic heterocycles. The molecule has 0 saturated heterocycles. The van der Waals surface area contributed by atoms with Gasteiger partial charge in [0.2, 0.25) is 0 Å². The molecule has 1 aromatic rings. The number of carbonyl (C=O) groups is 2. The molecule has 4 N–H and O–H groups in total. The number of hydrogen-bond donors (Lipinski definition) is 4. The van der Waals surface area contributed by atoms with Gasteiger partial charge >= 0.3 is 11.9 Å². The van der Waals surface area contributed by atoms with Gasteiger partial charge in [-0.15, -0.1) is 0 Å². The van der Waals surface area contributed by atoms with Gasteiger partial charge < -0.3 is 20.7 Å². The molecule has 0 heterocycles. The number of aliphatic carboxylic acids is 2. The number of nitrogens with zero attached hydrogens (tertiary/aromatic N) is 1. The number of aliphatic hydroxyl groups excluding tert-OH is 1. The summed E-state index contributed by atoms with van der Waals surface area (Å²) in [6.07, 6.45) is -0.302. The highest BCUT2D eigenvalue weighted by Gasteiger charge is 2.22. The zero-order valence-corrected chi connectivity index (χ0v) is 11.7. The molecular weight excluding hydrogens is 276 g/mol. The third-order valence-corrected chi connectivity index (χ3v) is 3.00. The summed E-state index contributed by atoms with van der Waals surface area (Å²) in [6, 6.07) is 8.41. The molecule has 0 spiro atoms. The van der Waals surface area contributed by atoms with Crippen molar-refractivity contribution in [3.63, 3.8) is 0 Å². The number of benzene rings is 1. The molecule has 7 nitrogen and oxygen atoms in total. The van der Waals surface area contributed by atoms with Crippen LogP contribution in [-0.4, -0.2) is 45.4 Å². The Balaban J connectivity index is 2.80. The molecule has 0 aliphatic rings. The topological polar surface area (TPSA) is 110 Å². The quantitative estimate of drug-likeness (QED) is 0.430. The van der Waals surface area contributed by atoms with Crippen LogP contribution in [0.3, 0.4) is 0 Å². The Hall–Kier alpha value is -2.38. The Morgan fingerprint density at radius 1 is 1.24 bits per heavy atom. The largest absolute Gasteiger partial charge is 0.478 e. The van der Waals surface area contributed by atoms with Crippen LogP contribution in [-0.2, 0) is 9.59 Å². The fraction of sp³-hybridized carbons (Fsp3) is 0.286. The van der Waals surface area contributed by atoms with Gasteiger partial charge in [0.25, 0.3) is 0 Å². The first-order chi connectivity index (χ1) is 9.82. The molecule has 0 bridgehead atoms. The van der Waals surface area contributed by atoms with Crippen LogP contribution >= 0.6 is 0 Å². The Kier molecular flexibility index (Phi) is 5.89. The van der Waals surface area contributed by atoms with Gasteiger partial charge in [-0.25, -0.2) is 14.6 Å². The second-order valence-corrected chi connectivity index (χ2v) is 4.52. The maximum atomic E-state index is 10.9. The number of carboxylic acids is 2. The predicted octanol–water partition coefficient (Wildman–Crippen LogP) is 0.598. The standard InChI is InChI=1S/C14H18N2O5/c1-9(13(19)10-6-4-3-5-7-10)16(2)15-11(14(20)21)8-12(17)18/h3-9,13,15,19H,1-2H3,(H,17,18)(H,20,21)/b11-8+/t9-,13-/m1/s1. The summed E-state index contributed by atoms with van der Waals surface area (Å²) in [5.74, 6) is -2.77. The first kappa shape index (κ1) is 16.7. The van der Waals surface area contributed by atoms with E-state index in [9.17, 15) is 14.7 Å². The van der Waals surface area contributed by atoms with Gasteiger partial charge in [-0.2, -0.15) is 0 Å². The maximum absolute atomic E-state index is 10.9. The molecule has 0 aromatic heterocycles. The van der Waals surface area contributed by atoms with Crippen LogP contribution in [0.5, 0.6) is 0 Å². The number of hydrazine groups is 1. The molecule has 1 rings (SSSR count). The summed E-state index contributed by atoms with van der Waals surface area (Å²) >= 11 is 0. The molecule has 7 heteroatoms. The summed E-state index contributed by atoms with van der Waals surface area (Å²) in [5.41, 5.74) is 2.64. The van der Waals surface area contributed by atoms with Gasteiger partial charge in [0, 0.05) is 7.05 Å². The molecular formula is C14H18N2O5. The van der Waals surface area contributed by atoms with Gasteiger partial charge in [0.1, 0.15) is 5.70 Å². The molecule has 0 fully saturated rings. The lowest BCUT2D eigenvalue weighted by Crippen LogP contribution is -2.45. The average molecular weight is 294 g/mol. The van der Waals surface area contributed by atoms with E-state index >= 15 is 0 Å². The Bertz CT molecular complexity index is 529. The van der Waals surface area contributed by atoms with Gasteiger partial charge in [-0.05, 0) is 12.5 Å². The second kappa shape index (κ2) is 7.41. The smallest absolute Gasteiger partial charge is 0.353 e. The minimum absolute atomic E-state index is 0.482. The Morgan fingerprint density at radius 3 is 2.29 bits per heavy atom. The van der Waals surface area contributed by atoms with E-state index < -0.39 is 29.8 Å². The number of likely N-dealkylation sites (N-methyl/N-ethyl adjacent to an activating group) is 1. The van der Waals surface area contributed by atoms with Crippen molar-refractivity contribution in [1.82, 2.24) is 10.4 Å².